The first-order chi connectivity index (χ1) is 13.8. The minimum Gasteiger partial charge on any atom is -0.361 e. The van der Waals surface area contributed by atoms with E-state index in [0.717, 1.165) is 32.9 Å². The largest absolute Gasteiger partial charge is 0.361 e. The maximum Gasteiger partial charge on any atom is 0.324 e. The summed E-state index contributed by atoms with van der Waals surface area (Å²) in [5, 5.41) is 11.6. The Morgan fingerprint density at radius 2 is 1.79 bits per heavy atom. The average molecular weight is 406 g/mol. The number of hydrogen-bond acceptors (Lipinski definition) is 3. The Labute approximate surface area is 174 Å². The molecule has 2 heterocycles. The fraction of sp³-hybridized carbons (Fsp3) is 0.182. The molecule has 7 heteroatoms. The molecule has 0 bridgehead atoms. The summed E-state index contributed by atoms with van der Waals surface area (Å²) >= 11 is 4.34. The number of benzene rings is 2. The highest BCUT2D eigenvalue weighted by Crippen LogP contribution is 2.27. The van der Waals surface area contributed by atoms with Crippen molar-refractivity contribution in [2.75, 3.05) is 10.6 Å². The molecule has 0 aliphatic rings. The van der Waals surface area contributed by atoms with Crippen molar-refractivity contribution in [2.24, 2.45) is 0 Å². The highest BCUT2D eigenvalue weighted by molar-refractivity contribution is 7.80. The number of urea groups is 1. The van der Waals surface area contributed by atoms with Gasteiger partial charge in [0.1, 0.15) is 5.82 Å². The SMILES string of the molecule is CC(C)(C)c1cc(NC(=O)Nc2ccc3[nH]ccc3c2)n(-c2ccc(S)cc2)n1. The zero-order chi connectivity index (χ0) is 20.6. The van der Waals surface area contributed by atoms with Gasteiger partial charge in [0, 0.05) is 39.2 Å². The van der Waals surface area contributed by atoms with Crippen molar-refractivity contribution < 1.29 is 4.79 Å². The molecule has 0 atom stereocenters. The Bertz CT molecular complexity index is 1170. The van der Waals surface area contributed by atoms with E-state index in [1.165, 1.54) is 0 Å². The number of H-pyrrole nitrogens is 1. The normalized spacial score (nSPS) is 11.6. The maximum absolute atomic E-state index is 12.7. The van der Waals surface area contributed by atoms with Gasteiger partial charge in [0.05, 0.1) is 11.4 Å². The van der Waals surface area contributed by atoms with Crippen LogP contribution in [0.15, 0.2) is 65.7 Å². The number of nitrogens with zero attached hydrogens (tertiary/aromatic N) is 2. The van der Waals surface area contributed by atoms with Crippen LogP contribution in [0.25, 0.3) is 16.6 Å². The van der Waals surface area contributed by atoms with Crippen LogP contribution in [0.2, 0.25) is 0 Å². The molecule has 2 amide bonds. The lowest BCUT2D eigenvalue weighted by Gasteiger charge is -2.14. The van der Waals surface area contributed by atoms with Crippen LogP contribution in [-0.4, -0.2) is 20.8 Å². The second-order valence-corrected chi connectivity index (χ2v) is 8.47. The number of anilines is 2. The number of thiol groups is 1. The number of hydrogen-bond donors (Lipinski definition) is 4. The standard InChI is InChI=1S/C22H23N5OS/c1-22(2,3)19-13-20(27(26-19)16-5-7-17(29)8-6-16)25-21(28)24-15-4-9-18-14(12-15)10-11-23-18/h4-13,23,29H,1-3H3,(H2,24,25,28). The zero-order valence-corrected chi connectivity index (χ0v) is 17.4. The minimum atomic E-state index is -0.327. The number of aromatic nitrogens is 3. The predicted octanol–water partition coefficient (Wildman–Crippen LogP) is 5.58. The molecule has 148 valence electrons. The van der Waals surface area contributed by atoms with Crippen molar-refractivity contribution >= 4 is 41.1 Å². The Morgan fingerprint density at radius 1 is 1.03 bits per heavy atom. The van der Waals surface area contributed by atoms with Crippen molar-refractivity contribution in [3.05, 3.63) is 66.5 Å². The van der Waals surface area contributed by atoms with Gasteiger partial charge < -0.3 is 10.3 Å². The number of aromatic amines is 1. The average Bonchev–Trinajstić information content (AvgIpc) is 3.28. The summed E-state index contributed by atoms with van der Waals surface area (Å²) in [6, 6.07) is 16.9. The van der Waals surface area contributed by atoms with Crippen LogP contribution < -0.4 is 10.6 Å². The van der Waals surface area contributed by atoms with E-state index < -0.39 is 0 Å². The molecule has 0 spiro atoms. The lowest BCUT2D eigenvalue weighted by molar-refractivity contribution is 0.262. The van der Waals surface area contributed by atoms with E-state index in [1.54, 1.807) is 4.68 Å². The fourth-order valence-electron chi connectivity index (χ4n) is 3.04. The summed E-state index contributed by atoms with van der Waals surface area (Å²) in [4.78, 5) is 16.7. The van der Waals surface area contributed by atoms with Crippen molar-refractivity contribution in [2.45, 2.75) is 31.1 Å². The van der Waals surface area contributed by atoms with Crippen LogP contribution >= 0.6 is 12.6 Å². The van der Waals surface area contributed by atoms with Crippen LogP contribution in [-0.2, 0) is 5.41 Å². The van der Waals surface area contributed by atoms with E-state index in [2.05, 4.69) is 49.0 Å². The molecule has 0 saturated heterocycles. The number of rotatable bonds is 3. The van der Waals surface area contributed by atoms with Gasteiger partial charge >= 0.3 is 6.03 Å². The van der Waals surface area contributed by atoms with E-state index in [0.29, 0.717) is 5.82 Å². The molecule has 2 aromatic carbocycles. The van der Waals surface area contributed by atoms with Crippen molar-refractivity contribution in [1.29, 1.82) is 0 Å². The third-order valence-corrected chi connectivity index (χ3v) is 4.92. The zero-order valence-electron chi connectivity index (χ0n) is 16.5. The number of carbonyl (C=O) groups is 1. The molecule has 0 aliphatic heterocycles. The van der Waals surface area contributed by atoms with E-state index >= 15 is 0 Å². The van der Waals surface area contributed by atoms with Gasteiger partial charge in [-0.15, -0.1) is 12.6 Å². The molecule has 6 nitrogen and oxygen atoms in total. The summed E-state index contributed by atoms with van der Waals surface area (Å²) in [5.41, 5.74) is 3.33. The molecule has 0 radical (unpaired) electrons. The molecule has 4 aromatic rings. The molecule has 3 N–H and O–H groups in total. The summed E-state index contributed by atoms with van der Waals surface area (Å²) in [5.74, 6) is 0.599. The predicted molar refractivity (Wildman–Crippen MR) is 120 cm³/mol. The van der Waals surface area contributed by atoms with E-state index in [1.807, 2.05) is 60.8 Å². The first kappa shape index (κ1) is 19.1. The molecule has 0 saturated carbocycles. The van der Waals surface area contributed by atoms with Gasteiger partial charge in [-0.2, -0.15) is 5.10 Å². The van der Waals surface area contributed by atoms with Crippen LogP contribution in [0, 0.1) is 0 Å². The molecular formula is C22H23N5OS. The molecule has 0 unspecified atom stereocenters. The van der Waals surface area contributed by atoms with Crippen molar-refractivity contribution in [3.63, 3.8) is 0 Å². The molecule has 29 heavy (non-hydrogen) atoms. The monoisotopic (exact) mass is 405 g/mol. The number of carbonyl (C=O) groups excluding carboxylic acids is 1. The first-order valence-corrected chi connectivity index (χ1v) is 9.79. The maximum atomic E-state index is 12.7. The number of nitrogens with one attached hydrogen (secondary N) is 3. The molecular weight excluding hydrogens is 382 g/mol. The summed E-state index contributed by atoms with van der Waals surface area (Å²) in [7, 11) is 0. The van der Waals surface area contributed by atoms with E-state index in [9.17, 15) is 4.79 Å². The van der Waals surface area contributed by atoms with Gasteiger partial charge in [-0.3, -0.25) is 5.32 Å². The van der Waals surface area contributed by atoms with Crippen LogP contribution in [0.5, 0.6) is 0 Å². The second-order valence-electron chi connectivity index (χ2n) is 7.95. The van der Waals surface area contributed by atoms with Crippen LogP contribution in [0.4, 0.5) is 16.3 Å². The van der Waals surface area contributed by atoms with Gasteiger partial charge in [-0.25, -0.2) is 9.48 Å². The van der Waals surface area contributed by atoms with Crippen LogP contribution in [0.3, 0.4) is 0 Å². The van der Waals surface area contributed by atoms with Crippen LogP contribution in [0.1, 0.15) is 26.5 Å². The Hall–Kier alpha value is -3.19. The highest BCUT2D eigenvalue weighted by atomic mass is 32.1. The number of amides is 2. The first-order valence-electron chi connectivity index (χ1n) is 9.35. The van der Waals surface area contributed by atoms with Crippen molar-refractivity contribution in [1.82, 2.24) is 14.8 Å². The smallest absolute Gasteiger partial charge is 0.324 e. The van der Waals surface area contributed by atoms with E-state index in [-0.39, 0.29) is 11.4 Å². The topological polar surface area (TPSA) is 74.7 Å². The minimum absolute atomic E-state index is 0.152. The van der Waals surface area contributed by atoms with Gasteiger partial charge in [0.2, 0.25) is 0 Å². The van der Waals surface area contributed by atoms with Gasteiger partial charge in [-0.05, 0) is 48.5 Å². The van der Waals surface area contributed by atoms with Gasteiger partial charge in [0.25, 0.3) is 0 Å². The third-order valence-electron chi connectivity index (χ3n) is 4.62. The Morgan fingerprint density at radius 3 is 2.52 bits per heavy atom. The molecule has 0 fully saturated rings. The fourth-order valence-corrected chi connectivity index (χ4v) is 3.19. The lowest BCUT2D eigenvalue weighted by atomic mass is 9.92. The second kappa shape index (κ2) is 7.33. The summed E-state index contributed by atoms with van der Waals surface area (Å²) in [6.45, 7) is 6.27. The molecule has 0 aliphatic carbocycles. The Kier molecular flexibility index (Phi) is 4.84. The molecule has 4 rings (SSSR count). The Balaban J connectivity index is 1.61. The third kappa shape index (κ3) is 4.14. The van der Waals surface area contributed by atoms with E-state index in [4.69, 9.17) is 5.10 Å². The van der Waals surface area contributed by atoms with Gasteiger partial charge in [-0.1, -0.05) is 20.8 Å². The summed E-state index contributed by atoms with van der Waals surface area (Å²) < 4.78 is 1.74. The van der Waals surface area contributed by atoms with Crippen molar-refractivity contribution in [3.8, 4) is 5.69 Å². The lowest BCUT2D eigenvalue weighted by Crippen LogP contribution is -2.21. The summed E-state index contributed by atoms with van der Waals surface area (Å²) in [6.07, 6.45) is 1.87. The highest BCUT2D eigenvalue weighted by Gasteiger charge is 2.21. The molecule has 2 aromatic heterocycles. The van der Waals surface area contributed by atoms with Gasteiger partial charge in [0.15, 0.2) is 0 Å². The quantitative estimate of drug-likeness (QED) is 0.336. The number of fused-ring (bicyclic) bond motifs is 1.